The lowest BCUT2D eigenvalue weighted by Gasteiger charge is -2.11. The van der Waals surface area contributed by atoms with Crippen LogP contribution in [-0.2, 0) is 6.18 Å². The average Bonchev–Trinajstić information content (AvgIpc) is 2.34. The van der Waals surface area contributed by atoms with E-state index in [1.54, 1.807) is 0 Å². The number of allylic oxidation sites excluding steroid dienone is 2. The molecule has 0 fully saturated rings. The first-order chi connectivity index (χ1) is 8.95. The van der Waals surface area contributed by atoms with Gasteiger partial charge in [-0.2, -0.15) is 13.2 Å². The quantitative estimate of drug-likeness (QED) is 0.361. The highest BCUT2D eigenvalue weighted by atomic mass is 127. The van der Waals surface area contributed by atoms with E-state index in [-0.39, 0.29) is 0 Å². The number of hydrogen-bond acceptors (Lipinski definition) is 1. The standard InChI is InChI=1S/C14H16F3IO/c1-2-3-4-5-6-9-19-13-10-11(14(15,16)17)7-8-12(13)18/h3-4,7-8,10H,2,5-6,9H2,1H3. The van der Waals surface area contributed by atoms with Gasteiger partial charge in [0.05, 0.1) is 15.7 Å². The summed E-state index contributed by atoms with van der Waals surface area (Å²) in [6.07, 6.45) is 2.46. The molecule has 0 aromatic heterocycles. The van der Waals surface area contributed by atoms with Crippen LogP contribution in [0, 0.1) is 3.57 Å². The van der Waals surface area contributed by atoms with Gasteiger partial charge in [0.1, 0.15) is 5.75 Å². The highest BCUT2D eigenvalue weighted by Gasteiger charge is 2.31. The van der Waals surface area contributed by atoms with Crippen molar-refractivity contribution in [2.75, 3.05) is 6.61 Å². The fourth-order valence-electron chi connectivity index (χ4n) is 1.46. The van der Waals surface area contributed by atoms with E-state index in [0.717, 1.165) is 31.4 Å². The van der Waals surface area contributed by atoms with Crippen molar-refractivity contribution in [1.29, 1.82) is 0 Å². The van der Waals surface area contributed by atoms with Crippen molar-refractivity contribution in [2.45, 2.75) is 32.4 Å². The second kappa shape index (κ2) is 7.77. The lowest BCUT2D eigenvalue weighted by molar-refractivity contribution is -0.137. The van der Waals surface area contributed by atoms with Crippen LogP contribution >= 0.6 is 22.6 Å². The number of unbranched alkanes of at least 4 members (excludes halogenated alkanes) is 1. The summed E-state index contributed by atoms with van der Waals surface area (Å²) >= 11 is 1.97. The third-order valence-corrected chi connectivity index (χ3v) is 3.32. The predicted octanol–water partition coefficient (Wildman–Crippen LogP) is 5.44. The van der Waals surface area contributed by atoms with E-state index < -0.39 is 11.7 Å². The molecule has 1 aromatic rings. The molecule has 0 saturated heterocycles. The van der Waals surface area contributed by atoms with Crippen LogP contribution in [0.1, 0.15) is 31.7 Å². The molecule has 0 atom stereocenters. The summed E-state index contributed by atoms with van der Waals surface area (Å²) in [6, 6.07) is 3.55. The number of rotatable bonds is 6. The van der Waals surface area contributed by atoms with Crippen molar-refractivity contribution >= 4 is 22.6 Å². The lowest BCUT2D eigenvalue weighted by atomic mass is 10.2. The van der Waals surface area contributed by atoms with E-state index >= 15 is 0 Å². The summed E-state index contributed by atoms with van der Waals surface area (Å²) in [5.41, 5.74) is -0.672. The van der Waals surface area contributed by atoms with Gasteiger partial charge in [0, 0.05) is 0 Å². The van der Waals surface area contributed by atoms with Crippen molar-refractivity contribution in [3.05, 3.63) is 39.5 Å². The van der Waals surface area contributed by atoms with Crippen LogP contribution in [0.2, 0.25) is 0 Å². The Labute approximate surface area is 125 Å². The summed E-state index contributed by atoms with van der Waals surface area (Å²) < 4.78 is 43.8. The summed E-state index contributed by atoms with van der Waals surface area (Å²) in [4.78, 5) is 0. The largest absolute Gasteiger partial charge is 0.492 e. The van der Waals surface area contributed by atoms with E-state index in [1.165, 1.54) is 6.07 Å². The van der Waals surface area contributed by atoms with E-state index in [1.807, 2.05) is 22.6 Å². The van der Waals surface area contributed by atoms with Gasteiger partial charge in [-0.05, 0) is 60.1 Å². The first kappa shape index (κ1) is 16.3. The smallest absolute Gasteiger partial charge is 0.416 e. The Morgan fingerprint density at radius 3 is 2.63 bits per heavy atom. The second-order valence-corrected chi connectivity index (χ2v) is 5.18. The van der Waals surface area contributed by atoms with Crippen LogP contribution in [0.5, 0.6) is 5.75 Å². The van der Waals surface area contributed by atoms with Gasteiger partial charge in [-0.3, -0.25) is 0 Å². The molecule has 0 N–H and O–H groups in total. The van der Waals surface area contributed by atoms with Crippen molar-refractivity contribution in [1.82, 2.24) is 0 Å². The molecule has 0 spiro atoms. The molecule has 1 rings (SSSR count). The molecule has 0 unspecified atom stereocenters. The summed E-state index contributed by atoms with van der Waals surface area (Å²) in [7, 11) is 0. The minimum atomic E-state index is -4.33. The molecule has 0 radical (unpaired) electrons. The zero-order chi connectivity index (χ0) is 14.3. The van der Waals surface area contributed by atoms with Crippen LogP contribution in [0.25, 0.3) is 0 Å². The molecule has 0 amide bonds. The zero-order valence-electron chi connectivity index (χ0n) is 10.6. The molecule has 5 heteroatoms. The van der Waals surface area contributed by atoms with Gasteiger partial charge in [0.2, 0.25) is 0 Å². The molecule has 0 heterocycles. The van der Waals surface area contributed by atoms with Gasteiger partial charge in [0.25, 0.3) is 0 Å². The Morgan fingerprint density at radius 1 is 1.26 bits per heavy atom. The molecule has 1 nitrogen and oxygen atoms in total. The van der Waals surface area contributed by atoms with Gasteiger partial charge in [-0.1, -0.05) is 19.1 Å². The average molecular weight is 384 g/mol. The lowest BCUT2D eigenvalue weighted by Crippen LogP contribution is -2.06. The van der Waals surface area contributed by atoms with Crippen molar-refractivity contribution in [3.63, 3.8) is 0 Å². The molecular formula is C14H16F3IO. The number of ether oxygens (including phenoxy) is 1. The number of hydrogen-bond donors (Lipinski definition) is 0. The highest BCUT2D eigenvalue weighted by molar-refractivity contribution is 14.1. The zero-order valence-corrected chi connectivity index (χ0v) is 12.8. The maximum absolute atomic E-state index is 12.6. The predicted molar refractivity (Wildman–Crippen MR) is 78.3 cm³/mol. The SMILES string of the molecule is CCC=CCCCOc1cc(C(F)(F)F)ccc1I. The summed E-state index contributed by atoms with van der Waals surface area (Å²) in [5, 5.41) is 0. The summed E-state index contributed by atoms with van der Waals surface area (Å²) in [5.74, 6) is 0.301. The molecule has 106 valence electrons. The van der Waals surface area contributed by atoms with Crippen LogP contribution in [-0.4, -0.2) is 6.61 Å². The normalized spacial score (nSPS) is 12.1. The van der Waals surface area contributed by atoms with E-state index in [9.17, 15) is 13.2 Å². The second-order valence-electron chi connectivity index (χ2n) is 4.01. The van der Waals surface area contributed by atoms with E-state index in [0.29, 0.717) is 15.9 Å². The van der Waals surface area contributed by atoms with Gasteiger partial charge in [0.15, 0.2) is 0 Å². The molecule has 19 heavy (non-hydrogen) atoms. The van der Waals surface area contributed by atoms with Gasteiger partial charge >= 0.3 is 6.18 Å². The number of alkyl halides is 3. The van der Waals surface area contributed by atoms with Gasteiger partial charge in [-0.25, -0.2) is 0 Å². The van der Waals surface area contributed by atoms with Crippen LogP contribution in [0.15, 0.2) is 30.4 Å². The maximum atomic E-state index is 12.6. The first-order valence-corrected chi connectivity index (χ1v) is 7.17. The fourth-order valence-corrected chi connectivity index (χ4v) is 1.95. The molecule has 0 saturated carbocycles. The molecule has 0 aliphatic rings. The van der Waals surface area contributed by atoms with Gasteiger partial charge in [-0.15, -0.1) is 0 Å². The van der Waals surface area contributed by atoms with Crippen LogP contribution in [0.3, 0.4) is 0 Å². The Bertz CT molecular complexity index is 427. The molecule has 1 aromatic carbocycles. The Balaban J connectivity index is 2.55. The van der Waals surface area contributed by atoms with Crippen LogP contribution < -0.4 is 4.74 Å². The monoisotopic (exact) mass is 384 g/mol. The molecule has 0 aliphatic heterocycles. The summed E-state index contributed by atoms with van der Waals surface area (Å²) in [6.45, 7) is 2.48. The molecular weight excluding hydrogens is 368 g/mol. The number of halogens is 4. The van der Waals surface area contributed by atoms with Gasteiger partial charge < -0.3 is 4.74 Å². The first-order valence-electron chi connectivity index (χ1n) is 6.09. The Morgan fingerprint density at radius 2 is 2.00 bits per heavy atom. The van der Waals surface area contributed by atoms with Crippen molar-refractivity contribution in [3.8, 4) is 5.75 Å². The number of benzene rings is 1. The minimum Gasteiger partial charge on any atom is -0.492 e. The Hall–Kier alpha value is -0.720. The topological polar surface area (TPSA) is 9.23 Å². The highest BCUT2D eigenvalue weighted by Crippen LogP contribution is 2.33. The molecule has 0 bridgehead atoms. The van der Waals surface area contributed by atoms with E-state index in [4.69, 9.17) is 4.74 Å². The third kappa shape index (κ3) is 5.84. The van der Waals surface area contributed by atoms with Crippen molar-refractivity contribution < 1.29 is 17.9 Å². The van der Waals surface area contributed by atoms with Crippen molar-refractivity contribution in [2.24, 2.45) is 0 Å². The fraction of sp³-hybridized carbons (Fsp3) is 0.429. The maximum Gasteiger partial charge on any atom is 0.416 e. The molecule has 0 aliphatic carbocycles. The van der Waals surface area contributed by atoms with E-state index in [2.05, 4.69) is 19.1 Å². The Kier molecular flexibility index (Phi) is 6.68. The van der Waals surface area contributed by atoms with Crippen LogP contribution in [0.4, 0.5) is 13.2 Å². The minimum absolute atomic E-state index is 0.301. The third-order valence-electron chi connectivity index (χ3n) is 2.43.